The number of hydrogen-bond acceptors (Lipinski definition) is 3. The number of aliphatic hydroxyl groups excluding tert-OH is 1. The summed E-state index contributed by atoms with van der Waals surface area (Å²) in [6.45, 7) is 5.15. The molecule has 4 nitrogen and oxygen atoms in total. The first-order valence-electron chi connectivity index (χ1n) is 6.28. The van der Waals surface area contributed by atoms with Crippen molar-refractivity contribution in [3.63, 3.8) is 0 Å². The van der Waals surface area contributed by atoms with E-state index in [1.54, 1.807) is 0 Å². The standard InChI is InChI=1S/C12H24N2O2/c1-3-11-10-13(2)7-5-8-14(11)12(16)6-4-9-15/h11,15H,3-10H2,1-2H3. The van der Waals surface area contributed by atoms with Crippen LogP contribution < -0.4 is 0 Å². The molecule has 94 valence electrons. The van der Waals surface area contributed by atoms with Crippen molar-refractivity contribution in [1.82, 2.24) is 9.80 Å². The highest BCUT2D eigenvalue weighted by Crippen LogP contribution is 2.13. The van der Waals surface area contributed by atoms with E-state index >= 15 is 0 Å². The second-order valence-electron chi connectivity index (χ2n) is 4.59. The Hall–Kier alpha value is -0.610. The summed E-state index contributed by atoms with van der Waals surface area (Å²) >= 11 is 0. The Morgan fingerprint density at radius 3 is 2.81 bits per heavy atom. The van der Waals surface area contributed by atoms with Gasteiger partial charge in [0.2, 0.25) is 5.91 Å². The summed E-state index contributed by atoms with van der Waals surface area (Å²) in [6, 6.07) is 0.346. The van der Waals surface area contributed by atoms with Crippen LogP contribution in [0.15, 0.2) is 0 Å². The van der Waals surface area contributed by atoms with Gasteiger partial charge in [-0.1, -0.05) is 6.92 Å². The summed E-state index contributed by atoms with van der Waals surface area (Å²) in [7, 11) is 2.12. The first kappa shape index (κ1) is 13.5. The number of nitrogens with zero attached hydrogens (tertiary/aromatic N) is 2. The second kappa shape index (κ2) is 6.86. The smallest absolute Gasteiger partial charge is 0.222 e. The molecule has 0 saturated carbocycles. The van der Waals surface area contributed by atoms with Crippen LogP contribution in [0.5, 0.6) is 0 Å². The van der Waals surface area contributed by atoms with Gasteiger partial charge >= 0.3 is 0 Å². The topological polar surface area (TPSA) is 43.8 Å². The van der Waals surface area contributed by atoms with E-state index in [-0.39, 0.29) is 12.5 Å². The minimum Gasteiger partial charge on any atom is -0.396 e. The quantitative estimate of drug-likeness (QED) is 0.770. The number of carbonyl (C=O) groups is 1. The molecule has 4 heteroatoms. The highest BCUT2D eigenvalue weighted by Gasteiger charge is 2.25. The minimum absolute atomic E-state index is 0.107. The summed E-state index contributed by atoms with van der Waals surface area (Å²) < 4.78 is 0. The van der Waals surface area contributed by atoms with Crippen LogP contribution in [0.3, 0.4) is 0 Å². The number of hydrogen-bond donors (Lipinski definition) is 1. The molecule has 1 heterocycles. The van der Waals surface area contributed by atoms with Gasteiger partial charge in [0.1, 0.15) is 0 Å². The molecule has 1 atom stereocenters. The van der Waals surface area contributed by atoms with Gasteiger partial charge < -0.3 is 14.9 Å². The van der Waals surface area contributed by atoms with E-state index < -0.39 is 0 Å². The van der Waals surface area contributed by atoms with Gasteiger partial charge in [0.25, 0.3) is 0 Å². The minimum atomic E-state index is 0.107. The van der Waals surface area contributed by atoms with E-state index in [0.717, 1.165) is 32.5 Å². The van der Waals surface area contributed by atoms with Gasteiger partial charge in [-0.25, -0.2) is 0 Å². The first-order valence-corrected chi connectivity index (χ1v) is 6.28. The largest absolute Gasteiger partial charge is 0.396 e. The third-order valence-electron chi connectivity index (χ3n) is 3.24. The van der Waals surface area contributed by atoms with E-state index in [1.165, 1.54) is 0 Å². The molecule has 1 rings (SSSR count). The SMILES string of the molecule is CCC1CN(C)CCCN1C(=O)CCCO. The van der Waals surface area contributed by atoms with E-state index in [0.29, 0.717) is 18.9 Å². The van der Waals surface area contributed by atoms with Crippen LogP contribution in [0.4, 0.5) is 0 Å². The third-order valence-corrected chi connectivity index (χ3v) is 3.24. The molecule has 1 unspecified atom stereocenters. The zero-order valence-corrected chi connectivity index (χ0v) is 10.5. The number of rotatable bonds is 4. The molecule has 1 aliphatic rings. The summed E-state index contributed by atoms with van der Waals surface area (Å²) in [4.78, 5) is 16.3. The Bertz CT molecular complexity index is 221. The van der Waals surface area contributed by atoms with Crippen LogP contribution in [0.1, 0.15) is 32.6 Å². The van der Waals surface area contributed by atoms with Crippen LogP contribution >= 0.6 is 0 Å². The van der Waals surface area contributed by atoms with E-state index in [9.17, 15) is 4.79 Å². The van der Waals surface area contributed by atoms with Crippen molar-refractivity contribution >= 4 is 5.91 Å². The first-order chi connectivity index (χ1) is 7.69. The van der Waals surface area contributed by atoms with Crippen molar-refractivity contribution in [3.05, 3.63) is 0 Å². The van der Waals surface area contributed by atoms with E-state index in [4.69, 9.17) is 5.11 Å². The molecule has 1 saturated heterocycles. The van der Waals surface area contributed by atoms with Crippen LogP contribution in [0.25, 0.3) is 0 Å². The molecule has 0 spiro atoms. The van der Waals surface area contributed by atoms with Crippen molar-refractivity contribution in [3.8, 4) is 0 Å². The summed E-state index contributed by atoms with van der Waals surface area (Å²) in [5.41, 5.74) is 0. The highest BCUT2D eigenvalue weighted by atomic mass is 16.3. The van der Waals surface area contributed by atoms with Crippen LogP contribution in [-0.2, 0) is 4.79 Å². The molecule has 1 fully saturated rings. The van der Waals surface area contributed by atoms with Crippen molar-refractivity contribution in [2.45, 2.75) is 38.6 Å². The van der Waals surface area contributed by atoms with Gasteiger partial charge in [-0.3, -0.25) is 4.79 Å². The maximum absolute atomic E-state index is 12.0. The number of carbonyl (C=O) groups excluding carboxylic acids is 1. The lowest BCUT2D eigenvalue weighted by Crippen LogP contribution is -2.43. The summed E-state index contributed by atoms with van der Waals surface area (Å²) in [5, 5.41) is 8.76. The second-order valence-corrected chi connectivity index (χ2v) is 4.59. The summed E-state index contributed by atoms with van der Waals surface area (Å²) in [6.07, 6.45) is 3.13. The molecule has 1 N–H and O–H groups in total. The fourth-order valence-corrected chi connectivity index (χ4v) is 2.29. The van der Waals surface area contributed by atoms with Gasteiger partial charge in [-0.2, -0.15) is 0 Å². The molecule has 0 aliphatic carbocycles. The van der Waals surface area contributed by atoms with Gasteiger partial charge in [0.15, 0.2) is 0 Å². The van der Waals surface area contributed by atoms with Crippen molar-refractivity contribution < 1.29 is 9.90 Å². The van der Waals surface area contributed by atoms with Gasteiger partial charge in [0.05, 0.1) is 0 Å². The normalized spacial score (nSPS) is 23.2. The molecule has 16 heavy (non-hydrogen) atoms. The van der Waals surface area contributed by atoms with Gasteiger partial charge in [-0.05, 0) is 32.9 Å². The summed E-state index contributed by atoms with van der Waals surface area (Å²) in [5.74, 6) is 0.205. The van der Waals surface area contributed by atoms with Crippen molar-refractivity contribution in [2.24, 2.45) is 0 Å². The number of aliphatic hydroxyl groups is 1. The van der Waals surface area contributed by atoms with Gasteiger partial charge in [-0.15, -0.1) is 0 Å². The average Bonchev–Trinajstić information content (AvgIpc) is 2.47. The lowest BCUT2D eigenvalue weighted by Gasteiger charge is -2.30. The fraction of sp³-hybridized carbons (Fsp3) is 0.917. The predicted molar refractivity (Wildman–Crippen MR) is 64.2 cm³/mol. The van der Waals surface area contributed by atoms with Crippen LogP contribution in [0.2, 0.25) is 0 Å². The highest BCUT2D eigenvalue weighted by molar-refractivity contribution is 5.76. The Labute approximate surface area is 98.2 Å². The fourth-order valence-electron chi connectivity index (χ4n) is 2.29. The maximum atomic E-state index is 12.0. The Morgan fingerprint density at radius 2 is 2.19 bits per heavy atom. The monoisotopic (exact) mass is 228 g/mol. The zero-order chi connectivity index (χ0) is 12.0. The van der Waals surface area contributed by atoms with Gasteiger partial charge in [0, 0.05) is 32.2 Å². The average molecular weight is 228 g/mol. The zero-order valence-electron chi connectivity index (χ0n) is 10.5. The Morgan fingerprint density at radius 1 is 1.44 bits per heavy atom. The molecule has 1 amide bonds. The Kier molecular flexibility index (Phi) is 5.77. The molecule has 0 aromatic carbocycles. The van der Waals surface area contributed by atoms with E-state index in [2.05, 4.69) is 18.9 Å². The lowest BCUT2D eigenvalue weighted by molar-refractivity contribution is -0.133. The van der Waals surface area contributed by atoms with Crippen LogP contribution in [0, 0.1) is 0 Å². The maximum Gasteiger partial charge on any atom is 0.222 e. The molecular formula is C12H24N2O2. The molecule has 0 radical (unpaired) electrons. The van der Waals surface area contributed by atoms with Crippen molar-refractivity contribution in [2.75, 3.05) is 33.3 Å². The molecule has 0 aromatic rings. The number of amides is 1. The van der Waals surface area contributed by atoms with Crippen molar-refractivity contribution in [1.29, 1.82) is 0 Å². The van der Waals surface area contributed by atoms with Crippen LogP contribution in [-0.4, -0.2) is 60.1 Å². The molecule has 0 bridgehead atoms. The molecular weight excluding hydrogens is 204 g/mol. The number of likely N-dealkylation sites (N-methyl/N-ethyl adjacent to an activating group) is 1. The predicted octanol–water partition coefficient (Wildman–Crippen LogP) is 0.702. The lowest BCUT2D eigenvalue weighted by atomic mass is 10.1. The van der Waals surface area contributed by atoms with E-state index in [1.807, 2.05) is 4.90 Å². The third kappa shape index (κ3) is 3.76. The molecule has 1 aliphatic heterocycles. The molecule has 0 aromatic heterocycles. The Balaban J connectivity index is 2.56.